The van der Waals surface area contributed by atoms with Crippen molar-refractivity contribution in [3.63, 3.8) is 0 Å². The molecule has 0 bridgehead atoms. The van der Waals surface area contributed by atoms with Gasteiger partial charge in [-0.05, 0) is 104 Å². The van der Waals surface area contributed by atoms with Crippen molar-refractivity contribution in [1.29, 1.82) is 0 Å². The smallest absolute Gasteiger partial charge is 0.137 e. The van der Waals surface area contributed by atoms with Crippen LogP contribution in [0.15, 0.2) is 199 Å². The van der Waals surface area contributed by atoms with E-state index < -0.39 is 0 Å². The van der Waals surface area contributed by atoms with Gasteiger partial charge in [-0.25, -0.2) is 0 Å². The van der Waals surface area contributed by atoms with Crippen molar-refractivity contribution >= 4 is 50.1 Å². The Hall–Kier alpha value is -6.90. The molecule has 0 saturated carbocycles. The van der Waals surface area contributed by atoms with Crippen LogP contribution >= 0.6 is 0 Å². The molecule has 2 nitrogen and oxygen atoms in total. The molecule has 0 fully saturated rings. The number of furan rings is 1. The summed E-state index contributed by atoms with van der Waals surface area (Å²) in [4.78, 5) is 2.44. The van der Waals surface area contributed by atoms with E-state index in [2.05, 4.69) is 228 Å². The van der Waals surface area contributed by atoms with Crippen molar-refractivity contribution in [1.82, 2.24) is 0 Å². The zero-order valence-corrected chi connectivity index (χ0v) is 34.3. The van der Waals surface area contributed by atoms with Crippen molar-refractivity contribution in [3.8, 4) is 11.1 Å². The highest BCUT2D eigenvalue weighted by atomic mass is 16.3. The van der Waals surface area contributed by atoms with E-state index in [4.69, 9.17) is 4.42 Å². The first kappa shape index (κ1) is 36.4. The van der Waals surface area contributed by atoms with Crippen LogP contribution in [0.1, 0.15) is 73.6 Å². The van der Waals surface area contributed by atoms with Crippen molar-refractivity contribution in [2.75, 3.05) is 4.90 Å². The molecule has 8 aromatic carbocycles. The Bertz CT molecular complexity index is 2990. The molecule has 0 radical (unpaired) electrons. The van der Waals surface area contributed by atoms with Crippen LogP contribution < -0.4 is 4.90 Å². The van der Waals surface area contributed by atoms with E-state index in [0.717, 1.165) is 39.0 Å². The average molecular weight is 762 g/mol. The van der Waals surface area contributed by atoms with Crippen LogP contribution in [-0.4, -0.2) is 0 Å². The first-order chi connectivity index (χ1) is 28.7. The van der Waals surface area contributed by atoms with Crippen LogP contribution in [0.2, 0.25) is 0 Å². The summed E-state index contributed by atoms with van der Waals surface area (Å²) in [6.07, 6.45) is 0. The van der Waals surface area contributed by atoms with Crippen molar-refractivity contribution in [2.24, 2.45) is 0 Å². The van der Waals surface area contributed by atoms with Crippen molar-refractivity contribution < 1.29 is 4.42 Å². The molecule has 0 spiro atoms. The second-order valence-electron chi connectivity index (χ2n) is 17.3. The standard InChI is InChI=1S/C57H47NO/c1-56(2,3)41-29-34-51(48(35-41)38-19-9-6-10-20-38)58(43-30-32-45-44-25-16-18-28-52(44)59-53(45)37-43)42-31-33-47-50(36-42)57(4,5)49-27-17-15-26-46(49)55(47)54(39-21-11-7-12-22-39)40-23-13-8-14-24-40/h6-37H,1-5H3. The monoisotopic (exact) mass is 761 g/mol. The fourth-order valence-corrected chi connectivity index (χ4v) is 9.20. The fourth-order valence-electron chi connectivity index (χ4n) is 9.20. The summed E-state index contributed by atoms with van der Waals surface area (Å²) in [7, 11) is 0. The fraction of sp³-hybridized carbons (Fsp3) is 0.123. The first-order valence-corrected chi connectivity index (χ1v) is 20.7. The number of fused-ring (bicyclic) bond motifs is 5. The van der Waals surface area contributed by atoms with Crippen LogP contribution in [0.3, 0.4) is 0 Å². The molecule has 0 N–H and O–H groups in total. The number of para-hydroxylation sites is 1. The number of anilines is 3. The third kappa shape index (κ3) is 6.28. The maximum absolute atomic E-state index is 6.55. The SMILES string of the molecule is CC(C)(C)c1ccc(N(c2ccc3c(c2)C(C)(C)c2ccccc2C3=C(c2ccccc2)c2ccccc2)c2ccc3c(c2)oc2ccccc23)c(-c2ccccc2)c1. The zero-order valence-electron chi connectivity index (χ0n) is 34.3. The van der Waals surface area contributed by atoms with E-state index in [-0.39, 0.29) is 10.8 Å². The van der Waals surface area contributed by atoms with Gasteiger partial charge in [0.25, 0.3) is 0 Å². The van der Waals surface area contributed by atoms with Crippen LogP contribution in [-0.2, 0) is 10.8 Å². The summed E-state index contributed by atoms with van der Waals surface area (Å²) in [5.74, 6) is 0. The summed E-state index contributed by atoms with van der Waals surface area (Å²) >= 11 is 0. The highest BCUT2D eigenvalue weighted by Crippen LogP contribution is 2.52. The van der Waals surface area contributed by atoms with E-state index >= 15 is 0 Å². The Morgan fingerprint density at radius 2 is 1.05 bits per heavy atom. The van der Waals surface area contributed by atoms with Gasteiger partial charge in [-0.2, -0.15) is 0 Å². The van der Waals surface area contributed by atoms with Gasteiger partial charge in [-0.15, -0.1) is 0 Å². The maximum atomic E-state index is 6.55. The highest BCUT2D eigenvalue weighted by Gasteiger charge is 2.37. The van der Waals surface area contributed by atoms with Crippen LogP contribution in [0, 0.1) is 0 Å². The Labute approximate surface area is 347 Å². The minimum absolute atomic E-state index is 0.0265. The van der Waals surface area contributed by atoms with E-state index in [0.29, 0.717) is 0 Å². The van der Waals surface area contributed by atoms with Gasteiger partial charge in [0.1, 0.15) is 11.2 Å². The van der Waals surface area contributed by atoms with Crippen molar-refractivity contribution in [3.05, 3.63) is 233 Å². The van der Waals surface area contributed by atoms with Crippen LogP contribution in [0.25, 0.3) is 44.2 Å². The first-order valence-electron chi connectivity index (χ1n) is 20.7. The normalized spacial score (nSPS) is 13.3. The molecular formula is C57H47NO. The van der Waals surface area contributed by atoms with Gasteiger partial charge < -0.3 is 9.32 Å². The Morgan fingerprint density at radius 3 is 1.76 bits per heavy atom. The summed E-state index contributed by atoms with van der Waals surface area (Å²) in [6.45, 7) is 11.6. The second-order valence-corrected chi connectivity index (χ2v) is 17.3. The molecular weight excluding hydrogens is 715 g/mol. The minimum atomic E-state index is -0.295. The topological polar surface area (TPSA) is 16.4 Å². The summed E-state index contributed by atoms with van der Waals surface area (Å²) < 4.78 is 6.55. The Kier molecular flexibility index (Phi) is 8.76. The zero-order chi connectivity index (χ0) is 40.3. The Morgan fingerprint density at radius 1 is 0.475 bits per heavy atom. The molecule has 286 valence electrons. The largest absolute Gasteiger partial charge is 0.456 e. The minimum Gasteiger partial charge on any atom is -0.456 e. The quantitative estimate of drug-likeness (QED) is 0.168. The average Bonchev–Trinajstić information content (AvgIpc) is 3.64. The van der Waals surface area contributed by atoms with Gasteiger partial charge in [0.15, 0.2) is 0 Å². The lowest BCUT2D eigenvalue weighted by Gasteiger charge is -2.39. The van der Waals surface area contributed by atoms with E-state index in [9.17, 15) is 0 Å². The molecule has 59 heavy (non-hydrogen) atoms. The number of hydrogen-bond acceptors (Lipinski definition) is 2. The molecule has 0 atom stereocenters. The molecule has 1 aliphatic carbocycles. The van der Waals surface area contributed by atoms with Crippen LogP contribution in [0.5, 0.6) is 0 Å². The molecule has 0 amide bonds. The third-order valence-corrected chi connectivity index (χ3v) is 12.3. The molecule has 1 heterocycles. The van der Waals surface area contributed by atoms with Gasteiger partial charge in [0.2, 0.25) is 0 Å². The highest BCUT2D eigenvalue weighted by molar-refractivity contribution is 6.08. The molecule has 1 aliphatic rings. The lowest BCUT2D eigenvalue weighted by Crippen LogP contribution is -2.27. The number of benzene rings is 8. The molecule has 2 heteroatoms. The molecule has 1 aromatic heterocycles. The van der Waals surface area contributed by atoms with Gasteiger partial charge in [0.05, 0.1) is 5.69 Å². The molecule has 10 rings (SSSR count). The summed E-state index contributed by atoms with van der Waals surface area (Å²) in [5, 5.41) is 2.24. The lowest BCUT2D eigenvalue weighted by molar-refractivity contribution is 0.590. The van der Waals surface area contributed by atoms with Crippen molar-refractivity contribution in [2.45, 2.75) is 45.4 Å². The van der Waals surface area contributed by atoms with Gasteiger partial charge >= 0.3 is 0 Å². The summed E-state index contributed by atoms with van der Waals surface area (Å²) in [6, 6.07) is 70.8. The predicted octanol–water partition coefficient (Wildman–Crippen LogP) is 15.7. The number of rotatable bonds is 6. The summed E-state index contributed by atoms with van der Waals surface area (Å²) in [5.41, 5.74) is 18.4. The Balaban J connectivity index is 1.27. The molecule has 0 aliphatic heterocycles. The van der Waals surface area contributed by atoms with E-state index in [1.807, 2.05) is 6.07 Å². The van der Waals surface area contributed by atoms with Crippen LogP contribution in [0.4, 0.5) is 17.1 Å². The second kappa shape index (κ2) is 14.2. The van der Waals surface area contributed by atoms with Gasteiger partial charge in [-0.3, -0.25) is 0 Å². The maximum Gasteiger partial charge on any atom is 0.137 e. The number of nitrogens with zero attached hydrogens (tertiary/aromatic N) is 1. The predicted molar refractivity (Wildman–Crippen MR) is 249 cm³/mol. The molecule has 9 aromatic rings. The molecule has 0 saturated heterocycles. The van der Waals surface area contributed by atoms with Gasteiger partial charge in [0, 0.05) is 39.2 Å². The van der Waals surface area contributed by atoms with E-state index in [1.165, 1.54) is 61.2 Å². The third-order valence-electron chi connectivity index (χ3n) is 12.3. The van der Waals surface area contributed by atoms with Gasteiger partial charge in [-0.1, -0.05) is 180 Å². The van der Waals surface area contributed by atoms with E-state index in [1.54, 1.807) is 0 Å². The molecule has 0 unspecified atom stereocenters. The number of hydrogen-bond donors (Lipinski definition) is 0. The lowest BCUT2D eigenvalue weighted by atomic mass is 9.65.